The van der Waals surface area contributed by atoms with Crippen molar-refractivity contribution in [2.45, 2.75) is 31.8 Å². The molecule has 1 amide bonds. The number of ether oxygens (including phenoxy) is 1. The minimum Gasteiger partial charge on any atom is -0.394 e. The lowest BCUT2D eigenvalue weighted by Gasteiger charge is -2.14. The van der Waals surface area contributed by atoms with Crippen molar-refractivity contribution in [2.24, 2.45) is 0 Å². The Labute approximate surface area is 108 Å². The van der Waals surface area contributed by atoms with Crippen molar-refractivity contribution in [1.29, 1.82) is 0 Å². The van der Waals surface area contributed by atoms with E-state index in [0.29, 0.717) is 0 Å². The first-order chi connectivity index (χ1) is 9.01. The Morgan fingerprint density at radius 1 is 1.68 bits per heavy atom. The number of carbonyl (C=O) groups is 1. The number of carbonyl (C=O) groups excluding carboxylic acids is 1. The lowest BCUT2D eigenvalue weighted by Crippen LogP contribution is -2.28. The van der Waals surface area contributed by atoms with Gasteiger partial charge < -0.3 is 20.3 Å². The molecular formula is C11H15N3O5. The van der Waals surface area contributed by atoms with Crippen LogP contribution in [-0.2, 0) is 9.53 Å². The number of aromatic nitrogens is 2. The molecule has 3 N–H and O–H groups in total. The van der Waals surface area contributed by atoms with Gasteiger partial charge in [-0.25, -0.2) is 4.79 Å². The van der Waals surface area contributed by atoms with Gasteiger partial charge in [-0.1, -0.05) is 0 Å². The average Bonchev–Trinajstić information content (AvgIpc) is 2.69. The summed E-state index contributed by atoms with van der Waals surface area (Å²) in [5.41, 5.74) is -0.595. The van der Waals surface area contributed by atoms with E-state index in [1.807, 2.05) is 0 Å². The Kier molecular flexibility index (Phi) is 3.93. The second-order valence-corrected chi connectivity index (χ2v) is 4.30. The van der Waals surface area contributed by atoms with Crippen LogP contribution in [0, 0.1) is 0 Å². The maximum Gasteiger partial charge on any atom is 0.351 e. The summed E-state index contributed by atoms with van der Waals surface area (Å²) in [5.74, 6) is -0.163. The van der Waals surface area contributed by atoms with Crippen molar-refractivity contribution in [3.63, 3.8) is 0 Å². The zero-order valence-electron chi connectivity index (χ0n) is 10.3. The highest BCUT2D eigenvalue weighted by Crippen LogP contribution is 2.27. The Balaban J connectivity index is 2.18. The van der Waals surface area contributed by atoms with Gasteiger partial charge in [-0.15, -0.1) is 0 Å². The summed E-state index contributed by atoms with van der Waals surface area (Å²) in [5, 5.41) is 21.0. The third-order valence-corrected chi connectivity index (χ3v) is 2.83. The van der Waals surface area contributed by atoms with Gasteiger partial charge in [-0.3, -0.25) is 9.36 Å². The summed E-state index contributed by atoms with van der Waals surface area (Å²) >= 11 is 0. The third-order valence-electron chi connectivity index (χ3n) is 2.83. The molecule has 0 aromatic carbocycles. The van der Waals surface area contributed by atoms with Crippen molar-refractivity contribution < 1.29 is 19.7 Å². The van der Waals surface area contributed by atoms with Crippen molar-refractivity contribution in [3.05, 3.63) is 22.7 Å². The van der Waals surface area contributed by atoms with E-state index in [2.05, 4.69) is 10.3 Å². The molecule has 1 aromatic heterocycles. The molecule has 0 radical (unpaired) electrons. The van der Waals surface area contributed by atoms with Crippen molar-refractivity contribution in [2.75, 3.05) is 11.9 Å². The molecule has 0 aliphatic carbocycles. The second kappa shape index (κ2) is 5.47. The van der Waals surface area contributed by atoms with Crippen molar-refractivity contribution >= 4 is 11.7 Å². The van der Waals surface area contributed by atoms with Crippen LogP contribution in [0.2, 0.25) is 0 Å². The summed E-state index contributed by atoms with van der Waals surface area (Å²) in [4.78, 5) is 26.3. The van der Waals surface area contributed by atoms with Gasteiger partial charge in [-0.05, 0) is 6.07 Å². The highest BCUT2D eigenvalue weighted by Gasteiger charge is 2.34. The lowest BCUT2D eigenvalue weighted by molar-refractivity contribution is -0.114. The molecule has 2 rings (SSSR count). The number of hydrogen-bond donors (Lipinski definition) is 3. The van der Waals surface area contributed by atoms with Gasteiger partial charge in [0.1, 0.15) is 18.1 Å². The molecule has 1 fully saturated rings. The quantitative estimate of drug-likeness (QED) is 0.638. The second-order valence-electron chi connectivity index (χ2n) is 4.30. The number of aliphatic hydroxyl groups is 2. The predicted molar refractivity (Wildman–Crippen MR) is 64.4 cm³/mol. The number of nitrogens with zero attached hydrogens (tertiary/aromatic N) is 2. The van der Waals surface area contributed by atoms with Crippen LogP contribution in [0.4, 0.5) is 5.82 Å². The predicted octanol–water partition coefficient (Wildman–Crippen LogP) is -1.16. The number of aliphatic hydroxyl groups excluding tert-OH is 2. The monoisotopic (exact) mass is 269 g/mol. The molecule has 0 saturated carbocycles. The van der Waals surface area contributed by atoms with Crippen LogP contribution in [0.1, 0.15) is 19.6 Å². The molecule has 19 heavy (non-hydrogen) atoms. The number of nitrogens with one attached hydrogen (secondary N) is 1. The van der Waals surface area contributed by atoms with Crippen LogP contribution in [0.15, 0.2) is 17.1 Å². The highest BCUT2D eigenvalue weighted by atomic mass is 16.5. The van der Waals surface area contributed by atoms with Gasteiger partial charge in [0.05, 0.1) is 12.7 Å². The minimum atomic E-state index is -0.822. The van der Waals surface area contributed by atoms with E-state index in [0.717, 1.165) is 0 Å². The fourth-order valence-corrected chi connectivity index (χ4v) is 1.93. The van der Waals surface area contributed by atoms with Crippen LogP contribution >= 0.6 is 0 Å². The van der Waals surface area contributed by atoms with Gasteiger partial charge in [-0.2, -0.15) is 4.98 Å². The summed E-state index contributed by atoms with van der Waals surface area (Å²) in [7, 11) is 0. The van der Waals surface area contributed by atoms with Gasteiger partial charge in [0.15, 0.2) is 0 Å². The van der Waals surface area contributed by atoms with Crippen LogP contribution in [0.5, 0.6) is 0 Å². The van der Waals surface area contributed by atoms with E-state index >= 15 is 0 Å². The molecule has 0 spiro atoms. The molecule has 0 bridgehead atoms. The van der Waals surface area contributed by atoms with Crippen LogP contribution in [0.25, 0.3) is 0 Å². The van der Waals surface area contributed by atoms with Crippen LogP contribution in [0.3, 0.4) is 0 Å². The SMILES string of the molecule is CC(=O)Nc1ccn([C@H]2CC(O)[C@@H](CO)O2)c(=O)n1. The van der Waals surface area contributed by atoms with E-state index < -0.39 is 24.1 Å². The highest BCUT2D eigenvalue weighted by molar-refractivity contribution is 5.87. The molecule has 3 atom stereocenters. The number of rotatable bonds is 3. The number of hydrogen-bond acceptors (Lipinski definition) is 6. The van der Waals surface area contributed by atoms with Crippen molar-refractivity contribution in [1.82, 2.24) is 9.55 Å². The maximum absolute atomic E-state index is 11.8. The van der Waals surface area contributed by atoms with Gasteiger partial charge in [0.2, 0.25) is 5.91 Å². The Morgan fingerprint density at radius 3 is 2.95 bits per heavy atom. The zero-order chi connectivity index (χ0) is 14.0. The first-order valence-electron chi connectivity index (χ1n) is 5.82. The lowest BCUT2D eigenvalue weighted by atomic mass is 10.2. The van der Waals surface area contributed by atoms with E-state index in [-0.39, 0.29) is 24.8 Å². The molecule has 8 heteroatoms. The normalized spacial score (nSPS) is 26.4. The molecular weight excluding hydrogens is 254 g/mol. The molecule has 1 saturated heterocycles. The van der Waals surface area contributed by atoms with Crippen LogP contribution in [-0.4, -0.2) is 44.5 Å². The zero-order valence-corrected chi connectivity index (χ0v) is 10.3. The van der Waals surface area contributed by atoms with Gasteiger partial charge in [0, 0.05) is 19.5 Å². The molecule has 1 unspecified atom stereocenters. The van der Waals surface area contributed by atoms with E-state index in [4.69, 9.17) is 9.84 Å². The average molecular weight is 269 g/mol. The van der Waals surface area contributed by atoms with Gasteiger partial charge >= 0.3 is 5.69 Å². The molecule has 1 aromatic rings. The molecule has 1 aliphatic heterocycles. The summed E-state index contributed by atoms with van der Waals surface area (Å²) in [6.07, 6.45) is -0.563. The molecule has 8 nitrogen and oxygen atoms in total. The largest absolute Gasteiger partial charge is 0.394 e. The van der Waals surface area contributed by atoms with E-state index in [1.54, 1.807) is 0 Å². The summed E-state index contributed by atoms with van der Waals surface area (Å²) in [6, 6.07) is 1.46. The smallest absolute Gasteiger partial charge is 0.351 e. The third kappa shape index (κ3) is 2.98. The van der Waals surface area contributed by atoms with Gasteiger partial charge in [0.25, 0.3) is 0 Å². The Morgan fingerprint density at radius 2 is 2.42 bits per heavy atom. The fraction of sp³-hybridized carbons (Fsp3) is 0.545. The molecule has 104 valence electrons. The Hall–Kier alpha value is -1.77. The number of anilines is 1. The maximum atomic E-state index is 11.8. The first kappa shape index (κ1) is 13.7. The summed E-state index contributed by atoms with van der Waals surface area (Å²) in [6.45, 7) is 0.999. The van der Waals surface area contributed by atoms with Crippen LogP contribution < -0.4 is 11.0 Å². The number of amides is 1. The van der Waals surface area contributed by atoms with E-state index in [1.165, 1.54) is 23.8 Å². The molecule has 1 aliphatic rings. The standard InChI is InChI=1S/C11H15N3O5/c1-6(16)12-9-2-3-14(11(18)13-9)10-4-7(17)8(5-15)19-10/h2-3,7-8,10,15,17H,4-5H2,1H3,(H,12,13,16,18)/t7?,8-,10-/m1/s1. The first-order valence-corrected chi connectivity index (χ1v) is 5.82. The van der Waals surface area contributed by atoms with Crippen molar-refractivity contribution in [3.8, 4) is 0 Å². The summed E-state index contributed by atoms with van der Waals surface area (Å²) < 4.78 is 6.56. The topological polar surface area (TPSA) is 114 Å². The molecule has 2 heterocycles. The van der Waals surface area contributed by atoms with E-state index in [9.17, 15) is 14.7 Å². The Bertz CT molecular complexity index is 529. The minimum absolute atomic E-state index is 0.158. The fourth-order valence-electron chi connectivity index (χ4n) is 1.93.